The van der Waals surface area contributed by atoms with Crippen LogP contribution in [0.15, 0.2) is 27.3 Å². The fraction of sp³-hybridized carbons (Fsp3) is 0.385. The lowest BCUT2D eigenvalue weighted by molar-refractivity contribution is -0.150. The van der Waals surface area contributed by atoms with Crippen molar-refractivity contribution < 1.29 is 18.7 Å². The van der Waals surface area contributed by atoms with Gasteiger partial charge in [0.15, 0.2) is 10.8 Å². The molecule has 0 aromatic carbocycles. The van der Waals surface area contributed by atoms with Crippen LogP contribution in [0.3, 0.4) is 0 Å². The van der Waals surface area contributed by atoms with Crippen molar-refractivity contribution in [1.29, 1.82) is 0 Å². The van der Waals surface area contributed by atoms with Gasteiger partial charge in [-0.1, -0.05) is 0 Å². The van der Waals surface area contributed by atoms with Gasteiger partial charge in [-0.2, -0.15) is 0 Å². The molecule has 6 heteroatoms. The average molecular weight is 328 g/mol. The SMILES string of the molecule is C[C@H](OC(=O)/C=C/c1ccc(Br)o1)C(=O)NC1CC1. The van der Waals surface area contributed by atoms with E-state index in [1.165, 1.54) is 12.2 Å². The minimum Gasteiger partial charge on any atom is -0.450 e. The van der Waals surface area contributed by atoms with E-state index in [0.29, 0.717) is 10.4 Å². The van der Waals surface area contributed by atoms with Gasteiger partial charge in [0.05, 0.1) is 0 Å². The number of halogens is 1. The first-order valence-electron chi connectivity index (χ1n) is 5.99. The predicted molar refractivity (Wildman–Crippen MR) is 72.2 cm³/mol. The van der Waals surface area contributed by atoms with Gasteiger partial charge in [0, 0.05) is 12.1 Å². The highest BCUT2D eigenvalue weighted by atomic mass is 79.9. The summed E-state index contributed by atoms with van der Waals surface area (Å²) in [5, 5.41) is 2.77. The van der Waals surface area contributed by atoms with E-state index in [0.717, 1.165) is 12.8 Å². The third kappa shape index (κ3) is 4.55. The van der Waals surface area contributed by atoms with Gasteiger partial charge < -0.3 is 14.5 Å². The van der Waals surface area contributed by atoms with Crippen LogP contribution in [-0.2, 0) is 14.3 Å². The van der Waals surface area contributed by atoms with Crippen LogP contribution < -0.4 is 5.32 Å². The fourth-order valence-electron chi connectivity index (χ4n) is 1.38. The molecule has 1 aromatic rings. The van der Waals surface area contributed by atoms with Crippen LogP contribution in [0.25, 0.3) is 6.08 Å². The van der Waals surface area contributed by atoms with Crippen LogP contribution in [0, 0.1) is 0 Å². The molecule has 1 aliphatic rings. The minimum absolute atomic E-state index is 0.254. The molecule has 1 amide bonds. The van der Waals surface area contributed by atoms with Crippen molar-refractivity contribution in [3.05, 3.63) is 28.6 Å². The third-order valence-electron chi connectivity index (χ3n) is 2.56. The van der Waals surface area contributed by atoms with Crippen molar-refractivity contribution >= 4 is 33.9 Å². The molecule has 0 spiro atoms. The summed E-state index contributed by atoms with van der Waals surface area (Å²) in [7, 11) is 0. The van der Waals surface area contributed by atoms with Crippen LogP contribution in [0.4, 0.5) is 0 Å². The van der Waals surface area contributed by atoms with Gasteiger partial charge >= 0.3 is 5.97 Å². The van der Waals surface area contributed by atoms with Gasteiger partial charge in [0.2, 0.25) is 0 Å². The summed E-state index contributed by atoms with van der Waals surface area (Å²) in [6, 6.07) is 3.68. The predicted octanol–water partition coefficient (Wildman–Crippen LogP) is 2.27. The quantitative estimate of drug-likeness (QED) is 0.665. The van der Waals surface area contributed by atoms with E-state index in [2.05, 4.69) is 21.2 Å². The van der Waals surface area contributed by atoms with Gasteiger partial charge in [-0.05, 0) is 53.9 Å². The number of nitrogens with one attached hydrogen (secondary N) is 1. The molecule has 0 bridgehead atoms. The fourth-order valence-corrected chi connectivity index (χ4v) is 1.70. The normalized spacial score (nSPS) is 16.3. The molecule has 19 heavy (non-hydrogen) atoms. The molecule has 1 saturated carbocycles. The van der Waals surface area contributed by atoms with Crippen LogP contribution in [0.2, 0.25) is 0 Å². The summed E-state index contributed by atoms with van der Waals surface area (Å²) < 4.78 is 10.7. The van der Waals surface area contributed by atoms with Crippen LogP contribution in [0.1, 0.15) is 25.5 Å². The van der Waals surface area contributed by atoms with Crippen LogP contribution in [0.5, 0.6) is 0 Å². The second kappa shape index (κ2) is 6.06. The number of carbonyl (C=O) groups excluding carboxylic acids is 2. The first kappa shape index (κ1) is 13.9. The molecule has 1 N–H and O–H groups in total. The Labute approximate surface area is 119 Å². The van der Waals surface area contributed by atoms with E-state index in [-0.39, 0.29) is 11.9 Å². The number of esters is 1. The molecule has 1 aromatic heterocycles. The number of hydrogen-bond acceptors (Lipinski definition) is 4. The zero-order valence-electron chi connectivity index (χ0n) is 10.4. The van der Waals surface area contributed by atoms with Crippen molar-refractivity contribution in [2.45, 2.75) is 31.9 Å². The Morgan fingerprint density at radius 1 is 1.53 bits per heavy atom. The Hall–Kier alpha value is -1.56. The zero-order chi connectivity index (χ0) is 13.8. The molecule has 1 aliphatic carbocycles. The van der Waals surface area contributed by atoms with E-state index >= 15 is 0 Å². The first-order valence-corrected chi connectivity index (χ1v) is 6.78. The maximum absolute atomic E-state index is 11.6. The van der Waals surface area contributed by atoms with Gasteiger partial charge in [-0.25, -0.2) is 4.79 Å². The second-order valence-electron chi connectivity index (χ2n) is 4.34. The van der Waals surface area contributed by atoms with Gasteiger partial charge in [0.1, 0.15) is 5.76 Å². The first-order chi connectivity index (χ1) is 9.04. The summed E-state index contributed by atoms with van der Waals surface area (Å²) in [5.74, 6) is -0.310. The number of ether oxygens (including phenoxy) is 1. The molecule has 5 nitrogen and oxygen atoms in total. The number of hydrogen-bond donors (Lipinski definition) is 1. The van der Waals surface area contributed by atoms with E-state index in [4.69, 9.17) is 9.15 Å². The summed E-state index contributed by atoms with van der Waals surface area (Å²) in [6.45, 7) is 1.55. The van der Waals surface area contributed by atoms with E-state index < -0.39 is 12.1 Å². The minimum atomic E-state index is -0.791. The van der Waals surface area contributed by atoms with Crippen molar-refractivity contribution in [3.8, 4) is 0 Å². The highest BCUT2D eigenvalue weighted by Gasteiger charge is 2.26. The van der Waals surface area contributed by atoms with Crippen molar-refractivity contribution in [2.24, 2.45) is 0 Å². The highest BCUT2D eigenvalue weighted by molar-refractivity contribution is 9.10. The molecular weight excluding hydrogens is 314 g/mol. The number of furan rings is 1. The van der Waals surface area contributed by atoms with E-state index in [1.807, 2.05) is 0 Å². The summed E-state index contributed by atoms with van der Waals surface area (Å²) in [5.41, 5.74) is 0. The van der Waals surface area contributed by atoms with E-state index in [9.17, 15) is 9.59 Å². The van der Waals surface area contributed by atoms with Gasteiger partial charge in [0.25, 0.3) is 5.91 Å². The van der Waals surface area contributed by atoms with Crippen LogP contribution >= 0.6 is 15.9 Å². The molecule has 0 radical (unpaired) electrons. The van der Waals surface area contributed by atoms with Gasteiger partial charge in [-0.3, -0.25) is 4.79 Å². The second-order valence-corrected chi connectivity index (χ2v) is 5.12. The molecule has 1 heterocycles. The molecule has 1 fully saturated rings. The lowest BCUT2D eigenvalue weighted by atomic mass is 10.3. The summed E-state index contributed by atoms with van der Waals surface area (Å²) in [4.78, 5) is 23.1. The number of rotatable bonds is 5. The molecule has 2 rings (SSSR count). The Bertz CT molecular complexity index is 504. The Balaban J connectivity index is 1.79. The summed E-state index contributed by atoms with van der Waals surface area (Å²) in [6.07, 6.45) is 3.92. The molecular formula is C13H14BrNO4. The van der Waals surface area contributed by atoms with E-state index in [1.54, 1.807) is 19.1 Å². The standard InChI is InChI=1S/C13H14BrNO4/c1-8(13(17)15-9-2-3-9)18-12(16)7-5-10-4-6-11(14)19-10/h4-9H,2-3H2,1H3,(H,15,17)/b7-5+/t8-/m0/s1. The topological polar surface area (TPSA) is 68.5 Å². The Kier molecular flexibility index (Phi) is 4.42. The van der Waals surface area contributed by atoms with Crippen molar-refractivity contribution in [1.82, 2.24) is 5.32 Å². The maximum atomic E-state index is 11.6. The van der Waals surface area contributed by atoms with Crippen molar-refractivity contribution in [3.63, 3.8) is 0 Å². The molecule has 0 aliphatic heterocycles. The lowest BCUT2D eigenvalue weighted by Gasteiger charge is -2.11. The Morgan fingerprint density at radius 2 is 2.26 bits per heavy atom. The molecule has 0 saturated heterocycles. The lowest BCUT2D eigenvalue weighted by Crippen LogP contribution is -2.36. The number of carbonyl (C=O) groups is 2. The van der Waals surface area contributed by atoms with Crippen molar-refractivity contribution in [2.75, 3.05) is 0 Å². The third-order valence-corrected chi connectivity index (χ3v) is 2.99. The average Bonchev–Trinajstić information content (AvgIpc) is 3.07. The van der Waals surface area contributed by atoms with Gasteiger partial charge in [-0.15, -0.1) is 0 Å². The monoisotopic (exact) mass is 327 g/mol. The smallest absolute Gasteiger partial charge is 0.331 e. The number of amides is 1. The zero-order valence-corrected chi connectivity index (χ0v) is 12.0. The Morgan fingerprint density at radius 3 is 2.84 bits per heavy atom. The molecule has 0 unspecified atom stereocenters. The molecule has 1 atom stereocenters. The molecule has 102 valence electrons. The highest BCUT2D eigenvalue weighted by Crippen LogP contribution is 2.19. The summed E-state index contributed by atoms with van der Waals surface area (Å²) >= 11 is 3.16. The largest absolute Gasteiger partial charge is 0.450 e. The van der Waals surface area contributed by atoms with Crippen LogP contribution in [-0.4, -0.2) is 24.0 Å². The maximum Gasteiger partial charge on any atom is 0.331 e.